The van der Waals surface area contributed by atoms with Gasteiger partial charge in [0.2, 0.25) is 15.9 Å². The highest BCUT2D eigenvalue weighted by atomic mass is 79.9. The van der Waals surface area contributed by atoms with Crippen molar-refractivity contribution in [3.63, 3.8) is 0 Å². The van der Waals surface area contributed by atoms with Gasteiger partial charge in [-0.25, -0.2) is 13.4 Å². The average molecular weight is 531 g/mol. The Morgan fingerprint density at radius 1 is 1.18 bits per heavy atom. The van der Waals surface area contributed by atoms with Crippen molar-refractivity contribution in [3.8, 4) is 11.4 Å². The standard InChI is InChI=1S/C23H23BrN4O4S/c1-15-12-21(29)27-22(25-15)16-4-2-6-19(13-16)26-23(30)17-5-3-11-28(14-17)33(31,32)20-9-7-18(24)8-10-20/h2,4,6-10,12-13,17H,3,5,11,14H2,1H3,(H,26,30)(H,25,27,29)/t17-/m1/s1. The lowest BCUT2D eigenvalue weighted by molar-refractivity contribution is -0.120. The van der Waals surface area contributed by atoms with Crippen LogP contribution in [-0.4, -0.2) is 41.7 Å². The minimum absolute atomic E-state index is 0.122. The lowest BCUT2D eigenvalue weighted by Gasteiger charge is -2.31. The van der Waals surface area contributed by atoms with Gasteiger partial charge >= 0.3 is 0 Å². The minimum Gasteiger partial charge on any atom is -0.326 e. The van der Waals surface area contributed by atoms with Crippen molar-refractivity contribution >= 4 is 37.5 Å². The number of piperidine rings is 1. The highest BCUT2D eigenvalue weighted by molar-refractivity contribution is 9.10. The molecule has 3 aromatic rings. The molecule has 0 saturated carbocycles. The number of rotatable bonds is 5. The zero-order valence-corrected chi connectivity index (χ0v) is 20.3. The number of sulfonamides is 1. The van der Waals surface area contributed by atoms with Crippen molar-refractivity contribution in [2.75, 3.05) is 18.4 Å². The fraction of sp³-hybridized carbons (Fsp3) is 0.261. The maximum atomic E-state index is 13.0. The van der Waals surface area contributed by atoms with Crippen molar-refractivity contribution in [3.05, 3.63) is 75.1 Å². The molecule has 1 aliphatic rings. The van der Waals surface area contributed by atoms with Gasteiger partial charge < -0.3 is 10.3 Å². The number of hydrogen-bond acceptors (Lipinski definition) is 5. The number of halogens is 1. The van der Waals surface area contributed by atoms with E-state index >= 15 is 0 Å². The Hall–Kier alpha value is -2.82. The third kappa shape index (κ3) is 5.40. The zero-order chi connectivity index (χ0) is 23.6. The molecule has 0 spiro atoms. The maximum absolute atomic E-state index is 13.0. The fourth-order valence-electron chi connectivity index (χ4n) is 3.83. The van der Waals surface area contributed by atoms with Crippen LogP contribution in [0, 0.1) is 12.8 Å². The number of aromatic amines is 1. The summed E-state index contributed by atoms with van der Waals surface area (Å²) < 4.78 is 28.2. The third-order valence-electron chi connectivity index (χ3n) is 5.48. The van der Waals surface area contributed by atoms with E-state index in [0.717, 1.165) is 4.47 Å². The molecule has 2 heterocycles. The molecule has 10 heteroatoms. The summed E-state index contributed by atoms with van der Waals surface area (Å²) in [5.74, 6) is -0.293. The summed E-state index contributed by atoms with van der Waals surface area (Å²) in [6.07, 6.45) is 1.20. The van der Waals surface area contributed by atoms with E-state index in [9.17, 15) is 18.0 Å². The highest BCUT2D eigenvalue weighted by Gasteiger charge is 2.33. The van der Waals surface area contributed by atoms with Crippen LogP contribution in [0.4, 0.5) is 5.69 Å². The van der Waals surface area contributed by atoms with E-state index in [1.54, 1.807) is 55.5 Å². The molecule has 0 unspecified atom stereocenters. The quantitative estimate of drug-likeness (QED) is 0.523. The van der Waals surface area contributed by atoms with Crippen LogP contribution in [0.2, 0.25) is 0 Å². The van der Waals surface area contributed by atoms with Crippen molar-refractivity contribution < 1.29 is 13.2 Å². The molecule has 0 radical (unpaired) electrons. The van der Waals surface area contributed by atoms with E-state index in [2.05, 4.69) is 31.2 Å². The van der Waals surface area contributed by atoms with Gasteiger partial charge in [0.05, 0.1) is 10.8 Å². The molecular formula is C23H23BrN4O4S. The van der Waals surface area contributed by atoms with Crippen LogP contribution in [0.5, 0.6) is 0 Å². The van der Waals surface area contributed by atoms with Crippen molar-refractivity contribution in [2.45, 2.75) is 24.7 Å². The Morgan fingerprint density at radius 2 is 1.94 bits per heavy atom. The number of H-pyrrole nitrogens is 1. The summed E-state index contributed by atoms with van der Waals surface area (Å²) in [6, 6.07) is 14.9. The maximum Gasteiger partial charge on any atom is 0.251 e. The summed E-state index contributed by atoms with van der Waals surface area (Å²) in [6.45, 7) is 2.24. The molecule has 1 fully saturated rings. The van der Waals surface area contributed by atoms with Gasteiger partial charge in [0.25, 0.3) is 5.56 Å². The van der Waals surface area contributed by atoms with E-state index in [0.29, 0.717) is 42.2 Å². The molecule has 1 aromatic heterocycles. The summed E-state index contributed by atoms with van der Waals surface area (Å²) in [5, 5.41) is 2.88. The van der Waals surface area contributed by atoms with Crippen molar-refractivity contribution in [1.82, 2.24) is 14.3 Å². The number of aromatic nitrogens is 2. The first-order chi connectivity index (χ1) is 15.7. The molecule has 0 aliphatic carbocycles. The Balaban J connectivity index is 1.49. The predicted octanol–water partition coefficient (Wildman–Crippen LogP) is 3.55. The van der Waals surface area contributed by atoms with Crippen LogP contribution in [0.25, 0.3) is 11.4 Å². The predicted molar refractivity (Wildman–Crippen MR) is 129 cm³/mol. The zero-order valence-electron chi connectivity index (χ0n) is 17.9. The molecule has 0 bridgehead atoms. The van der Waals surface area contributed by atoms with Crippen LogP contribution in [0.3, 0.4) is 0 Å². The SMILES string of the molecule is Cc1cc(=O)[nH]c(-c2cccc(NC(=O)[C@@H]3CCCN(S(=O)(=O)c4ccc(Br)cc4)C3)c2)n1. The van der Waals surface area contributed by atoms with Crippen molar-refractivity contribution in [1.29, 1.82) is 0 Å². The van der Waals surface area contributed by atoms with Gasteiger partial charge in [0.15, 0.2) is 0 Å². The average Bonchev–Trinajstić information content (AvgIpc) is 2.79. The topological polar surface area (TPSA) is 112 Å². The minimum atomic E-state index is -3.68. The molecule has 4 rings (SSSR count). The van der Waals surface area contributed by atoms with Crippen molar-refractivity contribution in [2.24, 2.45) is 5.92 Å². The monoisotopic (exact) mass is 530 g/mol. The lowest BCUT2D eigenvalue weighted by Crippen LogP contribution is -2.43. The fourth-order valence-corrected chi connectivity index (χ4v) is 5.62. The van der Waals surface area contributed by atoms with Gasteiger partial charge in [0, 0.05) is 40.6 Å². The number of nitrogens with one attached hydrogen (secondary N) is 2. The summed E-state index contributed by atoms with van der Waals surface area (Å²) in [5.41, 5.74) is 1.56. The van der Waals surface area contributed by atoms with E-state index in [1.807, 2.05) is 0 Å². The largest absolute Gasteiger partial charge is 0.326 e. The first-order valence-electron chi connectivity index (χ1n) is 10.5. The molecule has 172 valence electrons. The van der Waals surface area contributed by atoms with Crippen LogP contribution in [-0.2, 0) is 14.8 Å². The van der Waals surface area contributed by atoms with Crippen LogP contribution in [0.15, 0.2) is 68.8 Å². The summed E-state index contributed by atoms with van der Waals surface area (Å²) >= 11 is 3.31. The number of nitrogens with zero attached hydrogens (tertiary/aromatic N) is 2. The molecule has 1 amide bonds. The Labute approximate surface area is 200 Å². The van der Waals surface area contributed by atoms with E-state index in [4.69, 9.17) is 0 Å². The number of amides is 1. The van der Waals surface area contributed by atoms with Gasteiger partial charge in [-0.1, -0.05) is 28.1 Å². The molecular weight excluding hydrogens is 508 g/mol. The molecule has 2 aromatic carbocycles. The first-order valence-corrected chi connectivity index (χ1v) is 12.7. The Morgan fingerprint density at radius 3 is 2.67 bits per heavy atom. The normalized spacial score (nSPS) is 17.0. The molecule has 2 N–H and O–H groups in total. The van der Waals surface area contributed by atoms with Crippen LogP contribution in [0.1, 0.15) is 18.5 Å². The number of aryl methyl sites for hydroxylation is 1. The van der Waals surface area contributed by atoms with Gasteiger partial charge in [-0.3, -0.25) is 9.59 Å². The number of anilines is 1. The Bertz CT molecular complexity index is 1340. The Kier molecular flexibility index (Phi) is 6.78. The second kappa shape index (κ2) is 9.58. The first kappa shape index (κ1) is 23.3. The number of benzene rings is 2. The van der Waals surface area contributed by atoms with Gasteiger partial charge in [0.1, 0.15) is 5.82 Å². The van der Waals surface area contributed by atoms with Gasteiger partial charge in [-0.05, 0) is 56.2 Å². The molecule has 8 nitrogen and oxygen atoms in total. The van der Waals surface area contributed by atoms with Gasteiger partial charge in [-0.2, -0.15) is 4.31 Å². The highest BCUT2D eigenvalue weighted by Crippen LogP contribution is 2.26. The number of carbonyl (C=O) groups is 1. The number of carbonyl (C=O) groups excluding carboxylic acids is 1. The molecule has 1 saturated heterocycles. The number of hydrogen-bond donors (Lipinski definition) is 2. The third-order valence-corrected chi connectivity index (χ3v) is 7.89. The lowest BCUT2D eigenvalue weighted by atomic mass is 9.98. The van der Waals surface area contributed by atoms with E-state index < -0.39 is 15.9 Å². The van der Waals surface area contributed by atoms with E-state index in [1.165, 1.54) is 10.4 Å². The molecule has 33 heavy (non-hydrogen) atoms. The smallest absolute Gasteiger partial charge is 0.251 e. The van der Waals surface area contributed by atoms with Gasteiger partial charge in [-0.15, -0.1) is 0 Å². The second-order valence-electron chi connectivity index (χ2n) is 7.96. The second-order valence-corrected chi connectivity index (χ2v) is 10.8. The molecule has 1 atom stereocenters. The summed E-state index contributed by atoms with van der Waals surface area (Å²) in [4.78, 5) is 32.0. The van der Waals surface area contributed by atoms with Crippen LogP contribution < -0.4 is 10.9 Å². The van der Waals surface area contributed by atoms with Crippen LogP contribution >= 0.6 is 15.9 Å². The van der Waals surface area contributed by atoms with E-state index in [-0.39, 0.29) is 22.9 Å². The summed E-state index contributed by atoms with van der Waals surface area (Å²) in [7, 11) is -3.68. The molecule has 1 aliphatic heterocycles.